The SMILES string of the molecule is CC(C)CC(NC(=O)C(Cc1cnc[nH]1)NC(=O)C(CCCCN)NC(=O)C(N)CCC(=O)O)C(=O)O. The molecular formula is C23H39N7O7. The lowest BCUT2D eigenvalue weighted by atomic mass is 10.0. The number of H-pyrrole nitrogens is 1. The molecule has 10 N–H and O–H groups in total. The average Bonchev–Trinajstić information content (AvgIpc) is 3.33. The molecule has 1 heterocycles. The standard InChI is InChI=1S/C23H39N7O7/c1-13(2)9-18(23(36)37)30-22(35)17(10-14-11-26-12-27-14)29-21(34)16(5-3-4-8-24)28-20(33)15(25)6-7-19(31)32/h11-13,15-18H,3-10,24-25H2,1-2H3,(H,26,27)(H,28,33)(H,29,34)(H,30,35)(H,31,32)(H,36,37). The number of amides is 3. The van der Waals surface area contributed by atoms with Gasteiger partial charge in [-0.05, 0) is 44.6 Å². The Kier molecular flexibility index (Phi) is 13.9. The maximum absolute atomic E-state index is 13.2. The van der Waals surface area contributed by atoms with Crippen LogP contribution in [0.2, 0.25) is 0 Å². The molecule has 14 heteroatoms. The number of carboxylic acids is 2. The minimum Gasteiger partial charge on any atom is -0.481 e. The van der Waals surface area contributed by atoms with E-state index in [1.54, 1.807) is 0 Å². The number of imidazole rings is 1. The van der Waals surface area contributed by atoms with Crippen LogP contribution >= 0.6 is 0 Å². The van der Waals surface area contributed by atoms with Crippen molar-refractivity contribution < 1.29 is 34.2 Å². The summed E-state index contributed by atoms with van der Waals surface area (Å²) in [5, 5.41) is 25.9. The topological polar surface area (TPSA) is 243 Å². The highest BCUT2D eigenvalue weighted by atomic mass is 16.4. The highest BCUT2D eigenvalue weighted by molar-refractivity contribution is 5.94. The summed E-state index contributed by atoms with van der Waals surface area (Å²) in [7, 11) is 0. The van der Waals surface area contributed by atoms with E-state index in [2.05, 4.69) is 25.9 Å². The third kappa shape index (κ3) is 12.3. The average molecular weight is 526 g/mol. The molecule has 0 aromatic carbocycles. The monoisotopic (exact) mass is 525 g/mol. The van der Waals surface area contributed by atoms with E-state index in [0.29, 0.717) is 25.1 Å². The van der Waals surface area contributed by atoms with Gasteiger partial charge in [0.15, 0.2) is 0 Å². The number of hydrogen-bond acceptors (Lipinski definition) is 8. The molecule has 37 heavy (non-hydrogen) atoms. The number of carbonyl (C=O) groups excluding carboxylic acids is 3. The van der Waals surface area contributed by atoms with Crippen molar-refractivity contribution in [1.29, 1.82) is 0 Å². The smallest absolute Gasteiger partial charge is 0.326 e. The summed E-state index contributed by atoms with van der Waals surface area (Å²) in [4.78, 5) is 67.9. The Morgan fingerprint density at radius 1 is 0.946 bits per heavy atom. The highest BCUT2D eigenvalue weighted by Crippen LogP contribution is 2.08. The quantitative estimate of drug-likeness (QED) is 0.107. The van der Waals surface area contributed by atoms with Gasteiger partial charge in [0, 0.05) is 24.7 Å². The molecule has 0 saturated carbocycles. The summed E-state index contributed by atoms with van der Waals surface area (Å²) in [5.41, 5.74) is 11.8. The molecule has 0 saturated heterocycles. The van der Waals surface area contributed by atoms with Gasteiger partial charge in [0.05, 0.1) is 12.4 Å². The fourth-order valence-corrected chi connectivity index (χ4v) is 3.51. The lowest BCUT2D eigenvalue weighted by Gasteiger charge is -2.25. The van der Waals surface area contributed by atoms with Crippen molar-refractivity contribution in [2.45, 2.75) is 83.0 Å². The second kappa shape index (κ2) is 16.3. The van der Waals surface area contributed by atoms with Gasteiger partial charge in [-0.15, -0.1) is 0 Å². The van der Waals surface area contributed by atoms with E-state index in [0.717, 1.165) is 0 Å². The van der Waals surface area contributed by atoms with Crippen LogP contribution in [0, 0.1) is 5.92 Å². The number of rotatable bonds is 18. The van der Waals surface area contributed by atoms with Crippen molar-refractivity contribution in [2.24, 2.45) is 17.4 Å². The largest absolute Gasteiger partial charge is 0.481 e. The third-order valence-electron chi connectivity index (χ3n) is 5.52. The summed E-state index contributed by atoms with van der Waals surface area (Å²) >= 11 is 0. The molecule has 0 radical (unpaired) electrons. The lowest BCUT2D eigenvalue weighted by molar-refractivity contribution is -0.143. The summed E-state index contributed by atoms with van der Waals surface area (Å²) in [6.45, 7) is 4.02. The summed E-state index contributed by atoms with van der Waals surface area (Å²) in [6.07, 6.45) is 3.90. The molecular weight excluding hydrogens is 486 g/mol. The van der Waals surface area contributed by atoms with Gasteiger partial charge in [-0.3, -0.25) is 19.2 Å². The third-order valence-corrected chi connectivity index (χ3v) is 5.52. The number of aromatic amines is 1. The first-order valence-corrected chi connectivity index (χ1v) is 12.2. The molecule has 1 rings (SSSR count). The van der Waals surface area contributed by atoms with Gasteiger partial charge in [0.2, 0.25) is 17.7 Å². The van der Waals surface area contributed by atoms with Crippen LogP contribution in [0.1, 0.15) is 58.1 Å². The molecule has 0 spiro atoms. The van der Waals surface area contributed by atoms with Crippen LogP contribution in [0.25, 0.3) is 0 Å². The first-order chi connectivity index (χ1) is 17.4. The van der Waals surface area contributed by atoms with Gasteiger partial charge >= 0.3 is 11.9 Å². The Morgan fingerprint density at radius 2 is 1.57 bits per heavy atom. The number of carboxylic acid groups (broad SMARTS) is 2. The summed E-state index contributed by atoms with van der Waals surface area (Å²) in [6, 6.07) is -4.53. The van der Waals surface area contributed by atoms with Crippen molar-refractivity contribution in [3.63, 3.8) is 0 Å². The van der Waals surface area contributed by atoms with Crippen LogP contribution in [0.5, 0.6) is 0 Å². The predicted octanol–water partition coefficient (Wildman–Crippen LogP) is -1.14. The van der Waals surface area contributed by atoms with Crippen LogP contribution < -0.4 is 27.4 Å². The van der Waals surface area contributed by atoms with E-state index < -0.39 is 53.8 Å². The zero-order valence-corrected chi connectivity index (χ0v) is 21.2. The normalized spacial score (nSPS) is 14.3. The fraction of sp³-hybridized carbons (Fsp3) is 0.652. The van der Waals surface area contributed by atoms with Gasteiger partial charge in [-0.25, -0.2) is 9.78 Å². The number of nitrogens with one attached hydrogen (secondary N) is 4. The van der Waals surface area contributed by atoms with Crippen LogP contribution in [0.15, 0.2) is 12.5 Å². The minimum atomic E-state index is -1.20. The van der Waals surface area contributed by atoms with E-state index in [4.69, 9.17) is 16.6 Å². The maximum atomic E-state index is 13.2. The van der Waals surface area contributed by atoms with Crippen molar-refractivity contribution in [2.75, 3.05) is 6.54 Å². The lowest BCUT2D eigenvalue weighted by Crippen LogP contribution is -2.57. The predicted molar refractivity (Wildman–Crippen MR) is 133 cm³/mol. The zero-order valence-electron chi connectivity index (χ0n) is 21.2. The number of nitrogens with two attached hydrogens (primary N) is 2. The highest BCUT2D eigenvalue weighted by Gasteiger charge is 2.31. The van der Waals surface area contributed by atoms with E-state index in [9.17, 15) is 29.1 Å². The molecule has 1 aromatic rings. The fourth-order valence-electron chi connectivity index (χ4n) is 3.51. The van der Waals surface area contributed by atoms with Gasteiger partial charge in [-0.1, -0.05) is 13.8 Å². The second-order valence-electron chi connectivity index (χ2n) is 9.26. The minimum absolute atomic E-state index is 0.00507. The van der Waals surface area contributed by atoms with Crippen molar-refractivity contribution in [1.82, 2.24) is 25.9 Å². The molecule has 14 nitrogen and oxygen atoms in total. The maximum Gasteiger partial charge on any atom is 0.326 e. The van der Waals surface area contributed by atoms with Crippen LogP contribution in [0.3, 0.4) is 0 Å². The van der Waals surface area contributed by atoms with E-state index in [1.807, 2.05) is 13.8 Å². The van der Waals surface area contributed by atoms with Gasteiger partial charge in [-0.2, -0.15) is 0 Å². The molecule has 0 fully saturated rings. The number of carbonyl (C=O) groups is 5. The molecule has 1 aromatic heterocycles. The number of unbranched alkanes of at least 4 members (excludes halogenated alkanes) is 1. The van der Waals surface area contributed by atoms with E-state index in [1.165, 1.54) is 12.5 Å². The number of aliphatic carboxylic acids is 2. The molecule has 0 aliphatic carbocycles. The Balaban J connectivity index is 3.04. The number of hydrogen-bond donors (Lipinski definition) is 8. The Morgan fingerprint density at radius 3 is 2.11 bits per heavy atom. The Labute approximate surface area is 215 Å². The molecule has 0 aliphatic heterocycles. The summed E-state index contributed by atoms with van der Waals surface area (Å²) in [5.74, 6) is -4.39. The van der Waals surface area contributed by atoms with Crippen LogP contribution in [-0.2, 0) is 30.4 Å². The van der Waals surface area contributed by atoms with Crippen LogP contribution in [0.4, 0.5) is 0 Å². The first-order valence-electron chi connectivity index (χ1n) is 12.2. The number of nitrogens with zero attached hydrogens (tertiary/aromatic N) is 1. The number of aromatic nitrogens is 2. The van der Waals surface area contributed by atoms with Gasteiger partial charge in [0.1, 0.15) is 18.1 Å². The van der Waals surface area contributed by atoms with Crippen molar-refractivity contribution >= 4 is 29.7 Å². The van der Waals surface area contributed by atoms with Crippen molar-refractivity contribution in [3.8, 4) is 0 Å². The molecule has 4 atom stereocenters. The van der Waals surface area contributed by atoms with Crippen molar-refractivity contribution in [3.05, 3.63) is 18.2 Å². The van der Waals surface area contributed by atoms with E-state index in [-0.39, 0.29) is 38.0 Å². The van der Waals surface area contributed by atoms with E-state index >= 15 is 0 Å². The zero-order chi connectivity index (χ0) is 28.0. The molecule has 4 unspecified atom stereocenters. The van der Waals surface area contributed by atoms with Crippen LogP contribution in [-0.4, -0.2) is 80.6 Å². The Hall–Kier alpha value is -3.52. The second-order valence-corrected chi connectivity index (χ2v) is 9.26. The molecule has 0 bridgehead atoms. The molecule has 3 amide bonds. The first kappa shape index (κ1) is 31.5. The summed E-state index contributed by atoms with van der Waals surface area (Å²) < 4.78 is 0. The Bertz CT molecular complexity index is 892. The van der Waals surface area contributed by atoms with Gasteiger partial charge in [0.25, 0.3) is 0 Å². The van der Waals surface area contributed by atoms with Gasteiger partial charge < -0.3 is 42.6 Å². The molecule has 0 aliphatic rings. The molecule has 208 valence electrons.